The van der Waals surface area contributed by atoms with E-state index in [1.807, 2.05) is 24.1 Å². The first-order chi connectivity index (χ1) is 9.16. The van der Waals surface area contributed by atoms with Gasteiger partial charge in [-0.1, -0.05) is 6.07 Å². The fourth-order valence-electron chi connectivity index (χ4n) is 1.69. The van der Waals surface area contributed by atoms with Crippen LogP contribution in [0.1, 0.15) is 23.1 Å². The van der Waals surface area contributed by atoms with Crippen molar-refractivity contribution < 1.29 is 4.79 Å². The van der Waals surface area contributed by atoms with Crippen molar-refractivity contribution in [3.05, 3.63) is 48.2 Å². The molecule has 19 heavy (non-hydrogen) atoms. The largest absolute Gasteiger partial charge is 0.359 e. The number of carbonyl (C=O) groups excluding carboxylic acids is 1. The molecule has 0 radical (unpaired) electrons. The molecule has 0 aliphatic heterocycles. The topological polar surface area (TPSA) is 59.0 Å². The summed E-state index contributed by atoms with van der Waals surface area (Å²) in [7, 11) is 1.95. The summed E-state index contributed by atoms with van der Waals surface area (Å²) < 4.78 is 0. The Morgan fingerprint density at radius 2 is 2.16 bits per heavy atom. The third-order valence-corrected chi connectivity index (χ3v) is 2.81. The van der Waals surface area contributed by atoms with Crippen molar-refractivity contribution in [3.8, 4) is 0 Å². The summed E-state index contributed by atoms with van der Waals surface area (Å²) in [5, 5.41) is 0. The average molecular weight is 256 g/mol. The normalized spacial score (nSPS) is 10.2. The number of aromatic nitrogens is 3. The van der Waals surface area contributed by atoms with Crippen LogP contribution in [0.2, 0.25) is 0 Å². The van der Waals surface area contributed by atoms with Crippen LogP contribution in [0.3, 0.4) is 0 Å². The van der Waals surface area contributed by atoms with Gasteiger partial charge in [0.2, 0.25) is 0 Å². The van der Waals surface area contributed by atoms with Gasteiger partial charge in [0.1, 0.15) is 11.5 Å². The summed E-state index contributed by atoms with van der Waals surface area (Å²) in [4.78, 5) is 25.9. The zero-order valence-corrected chi connectivity index (χ0v) is 11.1. The van der Waals surface area contributed by atoms with E-state index in [4.69, 9.17) is 0 Å². The van der Waals surface area contributed by atoms with Crippen LogP contribution in [0.5, 0.6) is 0 Å². The summed E-state index contributed by atoms with van der Waals surface area (Å²) in [6, 6.07) is 5.46. The quantitative estimate of drug-likeness (QED) is 0.763. The van der Waals surface area contributed by atoms with Crippen molar-refractivity contribution in [2.45, 2.75) is 13.3 Å². The van der Waals surface area contributed by atoms with Crippen LogP contribution in [-0.4, -0.2) is 34.3 Å². The van der Waals surface area contributed by atoms with E-state index in [0.717, 1.165) is 24.5 Å². The second-order valence-electron chi connectivity index (χ2n) is 4.31. The van der Waals surface area contributed by atoms with E-state index in [1.165, 1.54) is 6.92 Å². The monoisotopic (exact) mass is 256 g/mol. The van der Waals surface area contributed by atoms with Gasteiger partial charge >= 0.3 is 0 Å². The zero-order chi connectivity index (χ0) is 13.7. The molecular formula is C14H16N4O. The van der Waals surface area contributed by atoms with Crippen molar-refractivity contribution in [3.63, 3.8) is 0 Å². The van der Waals surface area contributed by atoms with Crippen LogP contribution in [0.15, 0.2) is 36.8 Å². The number of ketones is 1. The van der Waals surface area contributed by atoms with Crippen LogP contribution in [0, 0.1) is 0 Å². The molecule has 5 heteroatoms. The number of anilines is 1. The molecule has 0 saturated heterocycles. The molecule has 0 aromatic carbocycles. The Morgan fingerprint density at radius 3 is 2.84 bits per heavy atom. The Hall–Kier alpha value is -2.30. The molecule has 0 N–H and O–H groups in total. The molecule has 0 spiro atoms. The molecule has 0 atom stereocenters. The van der Waals surface area contributed by atoms with E-state index in [0.29, 0.717) is 5.69 Å². The highest BCUT2D eigenvalue weighted by atomic mass is 16.1. The Balaban J connectivity index is 2.02. The Bertz CT molecular complexity index is 556. The number of Topliss-reactive ketones (excluding diaryl/α,β-unsaturated/α-hetero) is 1. The molecular weight excluding hydrogens is 240 g/mol. The number of hydrogen-bond acceptors (Lipinski definition) is 5. The lowest BCUT2D eigenvalue weighted by Crippen LogP contribution is -2.22. The van der Waals surface area contributed by atoms with E-state index in [9.17, 15) is 4.79 Å². The van der Waals surface area contributed by atoms with Gasteiger partial charge in [0.25, 0.3) is 0 Å². The lowest BCUT2D eigenvalue weighted by molar-refractivity contribution is 0.101. The Kier molecular flexibility index (Phi) is 4.18. The highest BCUT2D eigenvalue weighted by Gasteiger charge is 2.06. The fourth-order valence-corrected chi connectivity index (χ4v) is 1.69. The van der Waals surface area contributed by atoms with Crippen LogP contribution in [0.4, 0.5) is 5.82 Å². The first kappa shape index (κ1) is 13.1. The van der Waals surface area contributed by atoms with Crippen molar-refractivity contribution in [1.29, 1.82) is 0 Å². The van der Waals surface area contributed by atoms with Crippen molar-refractivity contribution in [2.75, 3.05) is 18.5 Å². The number of nitrogens with zero attached hydrogens (tertiary/aromatic N) is 4. The number of pyridine rings is 1. The molecule has 0 unspecified atom stereocenters. The van der Waals surface area contributed by atoms with Gasteiger partial charge in [-0.05, 0) is 12.1 Å². The maximum Gasteiger partial charge on any atom is 0.178 e. The summed E-state index contributed by atoms with van der Waals surface area (Å²) in [6.07, 6.45) is 5.89. The van der Waals surface area contributed by atoms with Gasteiger partial charge in [-0.2, -0.15) is 0 Å². The molecule has 2 aromatic heterocycles. The first-order valence-electron chi connectivity index (χ1n) is 6.11. The highest BCUT2D eigenvalue weighted by molar-refractivity contribution is 5.92. The zero-order valence-electron chi connectivity index (χ0n) is 11.1. The molecule has 0 saturated carbocycles. The number of rotatable bonds is 5. The van der Waals surface area contributed by atoms with Crippen molar-refractivity contribution in [2.24, 2.45) is 0 Å². The molecule has 2 heterocycles. The van der Waals surface area contributed by atoms with Crippen LogP contribution < -0.4 is 4.90 Å². The van der Waals surface area contributed by atoms with Gasteiger partial charge in [0, 0.05) is 45.5 Å². The Labute approximate surface area is 112 Å². The average Bonchev–Trinajstić information content (AvgIpc) is 2.46. The Morgan fingerprint density at radius 1 is 1.32 bits per heavy atom. The SMILES string of the molecule is CC(=O)c1cccc(N(C)CCc2cnccn2)n1. The molecule has 0 bridgehead atoms. The molecule has 98 valence electrons. The maximum atomic E-state index is 11.3. The highest BCUT2D eigenvalue weighted by Crippen LogP contribution is 2.10. The maximum absolute atomic E-state index is 11.3. The van der Waals surface area contributed by atoms with Crippen LogP contribution in [-0.2, 0) is 6.42 Å². The van der Waals surface area contributed by atoms with Gasteiger partial charge in [-0.15, -0.1) is 0 Å². The van der Waals surface area contributed by atoms with E-state index < -0.39 is 0 Å². The minimum absolute atomic E-state index is 0.0239. The molecule has 2 aromatic rings. The molecule has 0 aliphatic carbocycles. The molecule has 5 nitrogen and oxygen atoms in total. The van der Waals surface area contributed by atoms with Crippen molar-refractivity contribution >= 4 is 11.6 Å². The van der Waals surface area contributed by atoms with E-state index in [-0.39, 0.29) is 5.78 Å². The van der Waals surface area contributed by atoms with E-state index >= 15 is 0 Å². The third-order valence-electron chi connectivity index (χ3n) is 2.81. The predicted molar refractivity (Wildman–Crippen MR) is 73.2 cm³/mol. The summed E-state index contributed by atoms with van der Waals surface area (Å²) in [5.74, 6) is 0.765. The van der Waals surface area contributed by atoms with Gasteiger partial charge in [0.05, 0.1) is 5.69 Å². The summed E-state index contributed by atoms with van der Waals surface area (Å²) >= 11 is 0. The van der Waals surface area contributed by atoms with Gasteiger partial charge in [-0.25, -0.2) is 4.98 Å². The van der Waals surface area contributed by atoms with Crippen LogP contribution in [0.25, 0.3) is 0 Å². The smallest absolute Gasteiger partial charge is 0.178 e. The minimum Gasteiger partial charge on any atom is -0.359 e. The predicted octanol–water partition coefficient (Wildman–Crippen LogP) is 1.75. The van der Waals surface area contributed by atoms with E-state index in [2.05, 4.69) is 15.0 Å². The van der Waals surface area contributed by atoms with E-state index in [1.54, 1.807) is 24.7 Å². The number of hydrogen-bond donors (Lipinski definition) is 0. The second-order valence-corrected chi connectivity index (χ2v) is 4.31. The van der Waals surface area contributed by atoms with Gasteiger partial charge in [-0.3, -0.25) is 14.8 Å². The minimum atomic E-state index is -0.0239. The number of likely N-dealkylation sites (N-methyl/N-ethyl adjacent to an activating group) is 1. The summed E-state index contributed by atoms with van der Waals surface area (Å²) in [6.45, 7) is 2.29. The standard InChI is InChI=1S/C14H16N4O/c1-11(19)13-4-3-5-14(17-13)18(2)9-6-12-10-15-7-8-16-12/h3-5,7-8,10H,6,9H2,1-2H3. The third kappa shape index (κ3) is 3.58. The number of carbonyl (C=O) groups is 1. The van der Waals surface area contributed by atoms with Gasteiger partial charge < -0.3 is 4.90 Å². The lowest BCUT2D eigenvalue weighted by atomic mass is 10.2. The lowest BCUT2D eigenvalue weighted by Gasteiger charge is -2.18. The molecule has 2 rings (SSSR count). The van der Waals surface area contributed by atoms with Crippen molar-refractivity contribution in [1.82, 2.24) is 15.0 Å². The first-order valence-corrected chi connectivity index (χ1v) is 6.11. The fraction of sp³-hybridized carbons (Fsp3) is 0.286. The molecule has 0 aliphatic rings. The van der Waals surface area contributed by atoms with Gasteiger partial charge in [0.15, 0.2) is 5.78 Å². The second kappa shape index (κ2) is 6.04. The molecule has 0 amide bonds. The summed E-state index contributed by atoms with van der Waals surface area (Å²) in [5.41, 5.74) is 1.43. The van der Waals surface area contributed by atoms with Crippen LogP contribution >= 0.6 is 0 Å². The molecule has 0 fully saturated rings.